The molecule has 0 aliphatic rings. The van der Waals surface area contributed by atoms with E-state index in [0.717, 1.165) is 10.2 Å². The molecule has 0 radical (unpaired) electrons. The quantitative estimate of drug-likeness (QED) is 0.838. The number of ether oxygens (including phenoxy) is 1. The summed E-state index contributed by atoms with van der Waals surface area (Å²) in [5.41, 5.74) is 0.625. The molecule has 1 aromatic heterocycles. The SMILES string of the molecule is Cc1cnc(C(C)NCc2cc(Br)ccc2OC(F)F)o1. The van der Waals surface area contributed by atoms with Crippen LogP contribution in [-0.2, 0) is 6.54 Å². The second-order valence-corrected chi connectivity index (χ2v) is 5.46. The highest BCUT2D eigenvalue weighted by Crippen LogP contribution is 2.25. The minimum absolute atomic E-state index is 0.142. The summed E-state index contributed by atoms with van der Waals surface area (Å²) >= 11 is 3.32. The standard InChI is InChI=1S/C14H15BrF2N2O2/c1-8-6-19-13(20-8)9(2)18-7-10-5-11(15)3-4-12(10)21-14(16)17/h3-6,9,14,18H,7H2,1-2H3. The zero-order valence-electron chi connectivity index (χ0n) is 11.6. The average Bonchev–Trinajstić information content (AvgIpc) is 2.85. The number of oxazole rings is 1. The third-order valence-corrected chi connectivity index (χ3v) is 3.34. The highest BCUT2D eigenvalue weighted by atomic mass is 79.9. The Kier molecular flexibility index (Phi) is 5.30. The molecule has 2 rings (SSSR count). The van der Waals surface area contributed by atoms with Crippen molar-refractivity contribution in [2.75, 3.05) is 0 Å². The van der Waals surface area contributed by atoms with Gasteiger partial charge in [-0.1, -0.05) is 15.9 Å². The molecule has 114 valence electrons. The molecule has 0 aliphatic heterocycles. The fraction of sp³-hybridized carbons (Fsp3) is 0.357. The largest absolute Gasteiger partial charge is 0.444 e. The lowest BCUT2D eigenvalue weighted by molar-refractivity contribution is -0.0505. The van der Waals surface area contributed by atoms with Gasteiger partial charge in [-0.25, -0.2) is 4.98 Å². The van der Waals surface area contributed by atoms with Crippen LogP contribution in [0.3, 0.4) is 0 Å². The number of benzene rings is 1. The van der Waals surface area contributed by atoms with E-state index in [9.17, 15) is 8.78 Å². The summed E-state index contributed by atoms with van der Waals surface area (Å²) in [7, 11) is 0. The van der Waals surface area contributed by atoms with E-state index in [1.807, 2.05) is 13.8 Å². The number of aromatic nitrogens is 1. The third kappa shape index (κ3) is 4.50. The highest BCUT2D eigenvalue weighted by Gasteiger charge is 2.14. The number of rotatable bonds is 6. The average molecular weight is 361 g/mol. The number of halogens is 3. The number of hydrogen-bond donors (Lipinski definition) is 1. The molecule has 1 atom stereocenters. The summed E-state index contributed by atoms with van der Waals surface area (Å²) in [6, 6.07) is 4.75. The van der Waals surface area contributed by atoms with E-state index in [2.05, 4.69) is 31.0 Å². The molecule has 0 fully saturated rings. The monoisotopic (exact) mass is 360 g/mol. The van der Waals surface area contributed by atoms with Gasteiger partial charge in [0, 0.05) is 16.6 Å². The van der Waals surface area contributed by atoms with Crippen LogP contribution >= 0.6 is 15.9 Å². The predicted molar refractivity (Wildman–Crippen MR) is 77.3 cm³/mol. The maximum Gasteiger partial charge on any atom is 0.387 e. The fourth-order valence-electron chi connectivity index (χ4n) is 1.82. The van der Waals surface area contributed by atoms with Gasteiger partial charge < -0.3 is 14.5 Å². The Morgan fingerprint density at radius 1 is 1.43 bits per heavy atom. The summed E-state index contributed by atoms with van der Waals surface area (Å²) < 4.78 is 35.5. The zero-order chi connectivity index (χ0) is 15.4. The summed E-state index contributed by atoms with van der Waals surface area (Å²) in [5.74, 6) is 1.43. The van der Waals surface area contributed by atoms with Crippen LogP contribution in [0.25, 0.3) is 0 Å². The van der Waals surface area contributed by atoms with E-state index in [0.29, 0.717) is 18.0 Å². The fourth-order valence-corrected chi connectivity index (χ4v) is 2.23. The van der Waals surface area contributed by atoms with Gasteiger partial charge in [0.2, 0.25) is 5.89 Å². The van der Waals surface area contributed by atoms with Crippen LogP contribution in [0.4, 0.5) is 8.78 Å². The zero-order valence-corrected chi connectivity index (χ0v) is 13.2. The Hall–Kier alpha value is -1.47. The maximum absolute atomic E-state index is 12.4. The summed E-state index contributed by atoms with van der Waals surface area (Å²) in [6.45, 7) is 1.20. The van der Waals surface area contributed by atoms with Crippen LogP contribution in [0.2, 0.25) is 0 Å². The predicted octanol–water partition coefficient (Wildman–Crippen LogP) is 4.20. The van der Waals surface area contributed by atoms with Gasteiger partial charge in [-0.15, -0.1) is 0 Å². The van der Waals surface area contributed by atoms with Gasteiger partial charge in [-0.2, -0.15) is 8.78 Å². The number of nitrogens with one attached hydrogen (secondary N) is 1. The van der Waals surface area contributed by atoms with Crippen LogP contribution < -0.4 is 10.1 Å². The van der Waals surface area contributed by atoms with E-state index in [1.54, 1.807) is 18.3 Å². The van der Waals surface area contributed by atoms with Crippen molar-refractivity contribution in [3.63, 3.8) is 0 Å². The Labute approximate surface area is 129 Å². The van der Waals surface area contributed by atoms with Crippen molar-refractivity contribution in [3.8, 4) is 5.75 Å². The molecule has 7 heteroatoms. The molecule has 1 aromatic carbocycles. The summed E-state index contributed by atoms with van der Waals surface area (Å²) in [6.07, 6.45) is 1.64. The molecular weight excluding hydrogens is 346 g/mol. The van der Waals surface area contributed by atoms with Crippen LogP contribution in [0.15, 0.2) is 33.3 Å². The van der Waals surface area contributed by atoms with Crippen LogP contribution in [0.5, 0.6) is 5.75 Å². The van der Waals surface area contributed by atoms with Crippen molar-refractivity contribution < 1.29 is 17.9 Å². The van der Waals surface area contributed by atoms with Crippen LogP contribution in [0.1, 0.15) is 30.2 Å². The summed E-state index contributed by atoms with van der Waals surface area (Å²) in [4.78, 5) is 4.13. The normalized spacial score (nSPS) is 12.7. The lowest BCUT2D eigenvalue weighted by Crippen LogP contribution is -2.19. The molecule has 2 aromatic rings. The van der Waals surface area contributed by atoms with Gasteiger partial charge in [-0.05, 0) is 32.0 Å². The molecule has 1 heterocycles. The molecule has 0 spiro atoms. The lowest BCUT2D eigenvalue weighted by atomic mass is 10.2. The molecule has 1 unspecified atom stereocenters. The lowest BCUT2D eigenvalue weighted by Gasteiger charge is -2.14. The topological polar surface area (TPSA) is 47.3 Å². The van der Waals surface area contributed by atoms with Crippen molar-refractivity contribution in [3.05, 3.63) is 46.1 Å². The first kappa shape index (κ1) is 15.9. The van der Waals surface area contributed by atoms with Gasteiger partial charge in [0.25, 0.3) is 0 Å². The highest BCUT2D eigenvalue weighted by molar-refractivity contribution is 9.10. The number of alkyl halides is 2. The Balaban J connectivity index is 2.06. The minimum Gasteiger partial charge on any atom is -0.444 e. The summed E-state index contributed by atoms with van der Waals surface area (Å²) in [5, 5.41) is 3.17. The number of aryl methyl sites for hydroxylation is 1. The first-order valence-corrected chi connectivity index (χ1v) is 7.14. The number of hydrogen-bond acceptors (Lipinski definition) is 4. The third-order valence-electron chi connectivity index (χ3n) is 2.85. The molecule has 0 amide bonds. The van der Waals surface area contributed by atoms with Gasteiger partial charge in [0.1, 0.15) is 11.5 Å². The minimum atomic E-state index is -2.85. The van der Waals surface area contributed by atoms with E-state index < -0.39 is 6.61 Å². The smallest absolute Gasteiger partial charge is 0.387 e. The molecule has 1 N–H and O–H groups in total. The molecule has 4 nitrogen and oxygen atoms in total. The Bertz CT molecular complexity index is 604. The maximum atomic E-state index is 12.4. The van der Waals surface area contributed by atoms with Gasteiger partial charge >= 0.3 is 6.61 Å². The van der Waals surface area contributed by atoms with Crippen LogP contribution in [-0.4, -0.2) is 11.6 Å². The van der Waals surface area contributed by atoms with E-state index >= 15 is 0 Å². The molecule has 21 heavy (non-hydrogen) atoms. The van der Waals surface area contributed by atoms with E-state index in [-0.39, 0.29) is 11.8 Å². The Morgan fingerprint density at radius 3 is 2.81 bits per heavy atom. The van der Waals surface area contributed by atoms with E-state index in [4.69, 9.17) is 4.42 Å². The van der Waals surface area contributed by atoms with Gasteiger partial charge in [0.15, 0.2) is 0 Å². The van der Waals surface area contributed by atoms with Crippen molar-refractivity contribution in [2.45, 2.75) is 33.0 Å². The second-order valence-electron chi connectivity index (χ2n) is 4.54. The molecule has 0 saturated heterocycles. The molecular formula is C14H15BrF2N2O2. The van der Waals surface area contributed by atoms with Crippen LogP contribution in [0, 0.1) is 6.92 Å². The molecule has 0 bridgehead atoms. The van der Waals surface area contributed by atoms with E-state index in [1.165, 1.54) is 6.07 Å². The molecule has 0 saturated carbocycles. The second kappa shape index (κ2) is 7.00. The van der Waals surface area contributed by atoms with Crippen molar-refractivity contribution in [1.29, 1.82) is 0 Å². The first-order valence-electron chi connectivity index (χ1n) is 6.34. The van der Waals surface area contributed by atoms with Gasteiger partial charge in [-0.3, -0.25) is 0 Å². The van der Waals surface area contributed by atoms with Gasteiger partial charge in [0.05, 0.1) is 12.2 Å². The van der Waals surface area contributed by atoms with Crippen molar-refractivity contribution >= 4 is 15.9 Å². The first-order chi connectivity index (χ1) is 9.95. The Morgan fingerprint density at radius 2 is 2.19 bits per heavy atom. The molecule has 0 aliphatic carbocycles. The van der Waals surface area contributed by atoms with Crippen molar-refractivity contribution in [2.24, 2.45) is 0 Å². The number of nitrogens with zero attached hydrogens (tertiary/aromatic N) is 1. The van der Waals surface area contributed by atoms with Crippen molar-refractivity contribution in [1.82, 2.24) is 10.3 Å².